The lowest BCUT2D eigenvalue weighted by Crippen LogP contribution is -2.45. The molecule has 0 saturated carbocycles. The summed E-state index contributed by atoms with van der Waals surface area (Å²) in [6.45, 7) is 28.1. The lowest BCUT2D eigenvalue weighted by atomic mass is 10.0. The summed E-state index contributed by atoms with van der Waals surface area (Å²) in [5.41, 5.74) is 5.11. The van der Waals surface area contributed by atoms with E-state index in [1.165, 1.54) is 26.3 Å². The smallest absolute Gasteiger partial charge is 0.407 e. The normalized spacial score (nSPS) is 12.7. The third-order valence-corrected chi connectivity index (χ3v) is 19.8. The van der Waals surface area contributed by atoms with Crippen molar-refractivity contribution in [1.82, 2.24) is 68.5 Å². The molecule has 0 aliphatic heterocycles. The Morgan fingerprint density at radius 1 is 0.670 bits per heavy atom. The lowest BCUT2D eigenvalue weighted by molar-refractivity contribution is 0.0526. The summed E-state index contributed by atoms with van der Waals surface area (Å²) in [5.74, 6) is 1.77. The fourth-order valence-electron chi connectivity index (χ4n) is 9.05. The second-order valence-electron chi connectivity index (χ2n) is 25.8. The van der Waals surface area contributed by atoms with Crippen molar-refractivity contribution >= 4 is 125 Å². The molecule has 6 heterocycles. The number of fused-ring (bicyclic) bond motifs is 4. The fraction of sp³-hybridized carbons (Fsp3) is 0.536. The Kier molecular flexibility index (Phi) is 22.3. The van der Waals surface area contributed by atoms with E-state index < -0.39 is 59.1 Å². The van der Waals surface area contributed by atoms with Crippen LogP contribution in [0.5, 0.6) is 0 Å². The number of para-hydroxylation sites is 2. The van der Waals surface area contributed by atoms with E-state index in [4.69, 9.17) is 24.2 Å². The van der Waals surface area contributed by atoms with Crippen molar-refractivity contribution in [3.05, 3.63) is 80.5 Å². The van der Waals surface area contributed by atoms with Crippen LogP contribution in [0.3, 0.4) is 0 Å². The lowest BCUT2D eigenvalue weighted by Gasteiger charge is -2.33. The van der Waals surface area contributed by atoms with Crippen LogP contribution < -0.4 is 16.0 Å². The number of halogens is 2. The summed E-state index contributed by atoms with van der Waals surface area (Å²) in [5, 5.41) is 26.9. The van der Waals surface area contributed by atoms with Gasteiger partial charge in [-0.2, -0.15) is 39.2 Å². The molecule has 2 aromatic carbocycles. The number of amides is 2. The minimum atomic E-state index is -3.69. The summed E-state index contributed by atoms with van der Waals surface area (Å²) in [7, 11) is -9.95. The molecule has 26 nitrogen and oxygen atoms in total. The molecular weight excluding hydrogens is 1340 g/mol. The van der Waals surface area contributed by atoms with Crippen LogP contribution in [0.15, 0.2) is 68.1 Å². The number of nitrogens with one attached hydrogen (secondary N) is 3. The first-order chi connectivity index (χ1) is 41.0. The molecule has 32 heteroatoms. The molecule has 0 aliphatic carbocycles. The van der Waals surface area contributed by atoms with E-state index in [9.17, 15) is 31.5 Å². The monoisotopic (exact) mass is 1420 g/mol. The van der Waals surface area contributed by atoms with E-state index >= 15 is 0 Å². The number of benzene rings is 2. The van der Waals surface area contributed by atoms with Gasteiger partial charge >= 0.3 is 12.2 Å². The molecular formula is C56H82Br2N16O10S2Si2. The van der Waals surface area contributed by atoms with Gasteiger partial charge in [-0.3, -0.25) is 0 Å². The number of aryl methyl sites for hydroxylation is 2. The first-order valence-corrected chi connectivity index (χ1v) is 41.5. The molecule has 0 spiro atoms. The Morgan fingerprint density at radius 3 is 1.67 bits per heavy atom. The number of nitrogens with zero attached hydrogens (tertiary/aromatic N) is 13. The maximum atomic E-state index is 12.3. The van der Waals surface area contributed by atoms with Gasteiger partial charge in [-0.25, -0.2) is 36.4 Å². The van der Waals surface area contributed by atoms with Gasteiger partial charge in [0.25, 0.3) is 10.3 Å². The number of rotatable bonds is 26. The highest BCUT2D eigenvalue weighted by Crippen LogP contribution is 2.28. The number of hydrogen-bond donors (Lipinski definition) is 4. The van der Waals surface area contributed by atoms with Gasteiger partial charge in [0.05, 0.1) is 56.5 Å². The number of ether oxygens (including phenoxy) is 3. The molecule has 6 aromatic heterocycles. The van der Waals surface area contributed by atoms with Crippen LogP contribution in [0.4, 0.5) is 21.5 Å². The van der Waals surface area contributed by atoms with Gasteiger partial charge in [-0.05, 0) is 134 Å². The van der Waals surface area contributed by atoms with Gasteiger partial charge in [0.1, 0.15) is 30.7 Å². The Bertz CT molecular complexity index is 4020. The van der Waals surface area contributed by atoms with Crippen molar-refractivity contribution in [3.8, 4) is 0 Å². The topological polar surface area (TPSA) is 311 Å². The number of carbonyl (C=O) groups excluding carboxylic acids is 1. The minimum absolute atomic E-state index is 0.203. The van der Waals surface area contributed by atoms with E-state index in [1.54, 1.807) is 0 Å². The van der Waals surface area contributed by atoms with Crippen molar-refractivity contribution < 1.29 is 45.7 Å². The second kappa shape index (κ2) is 28.3. The number of imidazole rings is 2. The average Bonchev–Trinajstić information content (AvgIpc) is 1.68. The first kappa shape index (κ1) is 69.3. The van der Waals surface area contributed by atoms with Gasteiger partial charge in [-0.1, -0.05) is 63.5 Å². The van der Waals surface area contributed by atoms with E-state index in [-0.39, 0.29) is 42.0 Å². The third-order valence-electron chi connectivity index (χ3n) is 13.5. The Labute approximate surface area is 532 Å². The molecule has 4 N–H and O–H groups in total. The highest BCUT2D eigenvalue weighted by Gasteiger charge is 2.27. The van der Waals surface area contributed by atoms with Crippen LogP contribution >= 0.6 is 31.9 Å². The Hall–Kier alpha value is -6.17. The highest BCUT2D eigenvalue weighted by atomic mass is 79.9. The zero-order valence-corrected chi connectivity index (χ0v) is 59.3. The van der Waals surface area contributed by atoms with Crippen molar-refractivity contribution in [2.75, 3.05) is 49.4 Å². The van der Waals surface area contributed by atoms with E-state index in [0.29, 0.717) is 90.6 Å². The molecule has 0 radical (unpaired) electrons. The zero-order chi connectivity index (χ0) is 64.7. The van der Waals surface area contributed by atoms with Crippen LogP contribution in [0.1, 0.15) is 77.2 Å². The maximum absolute atomic E-state index is 12.3. The third kappa shape index (κ3) is 18.9. The van der Waals surface area contributed by atoms with Crippen molar-refractivity contribution in [2.45, 2.75) is 167 Å². The molecule has 0 atom stereocenters. The molecule has 88 heavy (non-hydrogen) atoms. The van der Waals surface area contributed by atoms with Gasteiger partial charge in [0.2, 0.25) is 31.6 Å². The van der Waals surface area contributed by atoms with Crippen LogP contribution in [-0.4, -0.2) is 163 Å². The predicted molar refractivity (Wildman–Crippen MR) is 351 cm³/mol. The van der Waals surface area contributed by atoms with Crippen LogP contribution in [-0.2, 0) is 73.3 Å². The van der Waals surface area contributed by atoms with Gasteiger partial charge < -0.3 is 49.3 Å². The fourth-order valence-corrected chi connectivity index (χ4v) is 12.3. The molecule has 480 valence electrons. The highest BCUT2D eigenvalue weighted by molar-refractivity contribution is 9.11. The van der Waals surface area contributed by atoms with Crippen molar-refractivity contribution in [3.63, 3.8) is 0 Å². The quantitative estimate of drug-likeness (QED) is 0.0289. The minimum Gasteiger partial charge on any atom is -0.465 e. The first-order valence-electron chi connectivity index (χ1n) is 28.7. The second-order valence-corrected chi connectivity index (χ2v) is 42.6. The Morgan fingerprint density at radius 2 is 1.17 bits per heavy atom. The molecule has 0 saturated heterocycles. The Balaban J connectivity index is 0.000000251. The number of hydrogen-bond acceptors (Lipinski definition) is 19. The van der Waals surface area contributed by atoms with Crippen LogP contribution in [0.25, 0.3) is 33.4 Å². The summed E-state index contributed by atoms with van der Waals surface area (Å²) in [4.78, 5) is 52.1. The summed E-state index contributed by atoms with van der Waals surface area (Å²) in [6, 6.07) is 14.0. The van der Waals surface area contributed by atoms with Crippen LogP contribution in [0.2, 0.25) is 51.4 Å². The number of aromatic nitrogens is 12. The van der Waals surface area contributed by atoms with Crippen LogP contribution in [0, 0.1) is 0 Å². The van der Waals surface area contributed by atoms with Crippen molar-refractivity contribution in [1.29, 1.82) is 0 Å². The van der Waals surface area contributed by atoms with Gasteiger partial charge in [-0.15, -0.1) is 0 Å². The SMILES string of the molecule is CC(C)(C)N(CCCc1cccc2nc(CNc3nc(S(C)(=O)=O)nc4c(Br)cnn34)n(COCC[Si](C)(C)C)c12)C(=O)O.CC(C)(C)OC(=O)NCCCc1cccc2c1nc(CNc1nc(S(C)(=O)=O)nc3c(Br)cnn13)n2COCC[Si](C)(C)C. The summed E-state index contributed by atoms with van der Waals surface area (Å²) in [6.07, 6.45) is 6.49. The number of carbonyl (C=O) groups is 2. The number of alkyl carbamates (subject to hydrolysis) is 1. The largest absolute Gasteiger partial charge is 0.465 e. The standard InChI is InChI=1S/2C28H41BrN8O5SSi/c1-28(2,3)36(27(38)39)13-9-11-19-10-8-12-21-23(19)35(18-42-14-15-44(5,6)7)22(32-21)17-30-25-34-26(43(4,40)41)33-24-20(29)16-31-37(24)25;1-28(2,3)42-27(38)30-13-9-11-19-10-8-12-21-23(19)33-22(36(21)18-41-14-15-44(5,6)7)17-31-25-35-26(43(4,39)40)34-24-20(29)16-32-37(24)25/h8,10,12,16H,9,11,13-15,17-18H2,1-7H3,(H,38,39)(H,30,33,34);8,10,12,16H,9,11,13-15,17-18H2,1-7H3,(H,30,38)(H,31,34,35). The van der Waals surface area contributed by atoms with E-state index in [1.807, 2.05) is 87.1 Å². The van der Waals surface area contributed by atoms with E-state index in [2.05, 4.69) is 117 Å². The predicted octanol–water partition coefficient (Wildman–Crippen LogP) is 10.3. The van der Waals surface area contributed by atoms with E-state index in [0.717, 1.165) is 57.8 Å². The molecule has 0 aliphatic rings. The van der Waals surface area contributed by atoms with Gasteiger partial charge in [0.15, 0.2) is 11.3 Å². The van der Waals surface area contributed by atoms with Crippen molar-refractivity contribution in [2.24, 2.45) is 0 Å². The number of sulfone groups is 2. The molecule has 2 amide bonds. The molecule has 0 fully saturated rings. The number of anilines is 2. The molecule has 8 rings (SSSR count). The molecule has 0 bridgehead atoms. The zero-order valence-electron chi connectivity index (χ0n) is 52.5. The maximum Gasteiger partial charge on any atom is 0.407 e. The number of carboxylic acid groups (broad SMARTS) is 1. The van der Waals surface area contributed by atoms with Gasteiger partial charge in [0, 0.05) is 60.5 Å². The molecule has 8 aromatic rings. The average molecular weight is 1420 g/mol. The summed E-state index contributed by atoms with van der Waals surface area (Å²) >= 11 is 6.76. The molecule has 0 unspecified atom stereocenters. The summed E-state index contributed by atoms with van der Waals surface area (Å²) < 4.78 is 74.9.